The number of carbonyl (C=O) groups is 1. The van der Waals surface area contributed by atoms with E-state index in [1.165, 1.54) is 11.3 Å². The Morgan fingerprint density at radius 3 is 2.79 bits per heavy atom. The molecule has 2 heterocycles. The Labute approximate surface area is 165 Å². The number of para-hydroxylation sites is 1. The van der Waals surface area contributed by atoms with Crippen molar-refractivity contribution in [3.63, 3.8) is 0 Å². The molecule has 4 rings (SSSR count). The van der Waals surface area contributed by atoms with Gasteiger partial charge in [-0.05, 0) is 43.3 Å². The van der Waals surface area contributed by atoms with Gasteiger partial charge in [-0.1, -0.05) is 12.1 Å². The highest BCUT2D eigenvalue weighted by Gasteiger charge is 2.16. The zero-order valence-corrected chi connectivity index (χ0v) is 16.2. The quantitative estimate of drug-likeness (QED) is 0.486. The Hall–Kier alpha value is -3.32. The number of hydrogen-bond acceptors (Lipinski definition) is 6. The molecule has 4 aromatic rings. The number of methoxy groups -OCH3 is 1. The van der Waals surface area contributed by atoms with E-state index >= 15 is 0 Å². The van der Waals surface area contributed by atoms with Crippen LogP contribution in [0.3, 0.4) is 0 Å². The zero-order chi connectivity index (χ0) is 19.5. The predicted octanol–water partition coefficient (Wildman–Crippen LogP) is 5.22. The summed E-state index contributed by atoms with van der Waals surface area (Å²) in [7, 11) is 1.56. The van der Waals surface area contributed by atoms with E-state index in [0.29, 0.717) is 29.6 Å². The van der Waals surface area contributed by atoms with Gasteiger partial charge in [-0.2, -0.15) is 0 Å². The maximum absolute atomic E-state index is 12.5. The van der Waals surface area contributed by atoms with E-state index in [1.807, 2.05) is 31.2 Å². The van der Waals surface area contributed by atoms with E-state index in [0.717, 1.165) is 15.2 Å². The Morgan fingerprint density at radius 1 is 1.14 bits per heavy atom. The predicted molar refractivity (Wildman–Crippen MR) is 109 cm³/mol. The normalized spacial score (nSPS) is 10.8. The number of rotatable bonds is 6. The Kier molecular flexibility index (Phi) is 4.99. The number of aromatic nitrogens is 1. The smallest absolute Gasteiger partial charge is 0.291 e. The van der Waals surface area contributed by atoms with Crippen LogP contribution in [0.4, 0.5) is 5.69 Å². The first-order valence-electron chi connectivity index (χ1n) is 8.76. The van der Waals surface area contributed by atoms with Crippen LogP contribution in [-0.2, 0) is 0 Å². The highest BCUT2D eigenvalue weighted by molar-refractivity contribution is 7.21. The van der Waals surface area contributed by atoms with Gasteiger partial charge in [0.05, 0.1) is 23.9 Å². The molecule has 0 spiro atoms. The highest BCUT2D eigenvalue weighted by atomic mass is 32.1. The van der Waals surface area contributed by atoms with Crippen molar-refractivity contribution < 1.29 is 18.7 Å². The van der Waals surface area contributed by atoms with Crippen LogP contribution in [0.1, 0.15) is 17.5 Å². The number of hydrogen-bond donors (Lipinski definition) is 1. The fourth-order valence-corrected chi connectivity index (χ4v) is 3.69. The minimum Gasteiger partial charge on any atom is -0.493 e. The van der Waals surface area contributed by atoms with Crippen molar-refractivity contribution in [2.75, 3.05) is 19.0 Å². The largest absolute Gasteiger partial charge is 0.493 e. The molecular weight excluding hydrogens is 376 g/mol. The maximum atomic E-state index is 12.5. The van der Waals surface area contributed by atoms with Crippen molar-refractivity contribution in [1.82, 2.24) is 4.98 Å². The average molecular weight is 394 g/mol. The van der Waals surface area contributed by atoms with Gasteiger partial charge < -0.3 is 19.2 Å². The second-order valence-corrected chi connectivity index (χ2v) is 6.93. The Bertz CT molecular complexity index is 1100. The average Bonchev–Trinajstić information content (AvgIpc) is 3.36. The lowest BCUT2D eigenvalue weighted by Crippen LogP contribution is -2.11. The number of furan rings is 1. The number of fused-ring (bicyclic) bond motifs is 1. The van der Waals surface area contributed by atoms with Crippen molar-refractivity contribution in [1.29, 1.82) is 0 Å². The fraction of sp³-hybridized carbons (Fsp3) is 0.143. The van der Waals surface area contributed by atoms with Gasteiger partial charge >= 0.3 is 0 Å². The number of nitrogens with zero attached hydrogens (tertiary/aromatic N) is 1. The summed E-state index contributed by atoms with van der Waals surface area (Å²) in [6, 6.07) is 16.5. The summed E-state index contributed by atoms with van der Waals surface area (Å²) in [5.41, 5.74) is 1.50. The van der Waals surface area contributed by atoms with E-state index in [4.69, 9.17) is 13.9 Å². The van der Waals surface area contributed by atoms with Crippen molar-refractivity contribution in [3.8, 4) is 22.3 Å². The summed E-state index contributed by atoms with van der Waals surface area (Å²) < 4.78 is 17.6. The van der Waals surface area contributed by atoms with Crippen LogP contribution in [0, 0.1) is 0 Å². The molecule has 0 aliphatic heterocycles. The molecule has 2 aromatic heterocycles. The van der Waals surface area contributed by atoms with Gasteiger partial charge in [-0.3, -0.25) is 4.79 Å². The minimum absolute atomic E-state index is 0.210. The molecule has 0 radical (unpaired) electrons. The van der Waals surface area contributed by atoms with Crippen molar-refractivity contribution >= 4 is 33.1 Å². The van der Waals surface area contributed by atoms with Crippen molar-refractivity contribution in [3.05, 3.63) is 60.4 Å². The molecule has 6 nitrogen and oxygen atoms in total. The van der Waals surface area contributed by atoms with Gasteiger partial charge in [0.1, 0.15) is 0 Å². The molecule has 142 valence electrons. The summed E-state index contributed by atoms with van der Waals surface area (Å²) in [5.74, 6) is 1.60. The van der Waals surface area contributed by atoms with Gasteiger partial charge in [0, 0.05) is 11.8 Å². The summed E-state index contributed by atoms with van der Waals surface area (Å²) in [6.45, 7) is 2.43. The molecule has 0 atom stereocenters. The Morgan fingerprint density at radius 2 is 2.00 bits per heavy atom. The van der Waals surface area contributed by atoms with Gasteiger partial charge in [0.25, 0.3) is 5.91 Å². The van der Waals surface area contributed by atoms with E-state index < -0.39 is 0 Å². The van der Waals surface area contributed by atoms with Crippen LogP contribution in [-0.4, -0.2) is 24.6 Å². The summed E-state index contributed by atoms with van der Waals surface area (Å²) in [4.78, 5) is 17.1. The van der Waals surface area contributed by atoms with E-state index in [-0.39, 0.29) is 11.7 Å². The molecule has 0 unspecified atom stereocenters. The molecule has 2 aromatic carbocycles. The first kappa shape index (κ1) is 18.1. The van der Waals surface area contributed by atoms with Gasteiger partial charge in [0.2, 0.25) is 0 Å². The van der Waals surface area contributed by atoms with E-state index in [9.17, 15) is 4.79 Å². The first-order valence-corrected chi connectivity index (χ1v) is 9.57. The number of benzene rings is 2. The molecule has 0 aliphatic rings. The molecule has 28 heavy (non-hydrogen) atoms. The SMILES string of the molecule is CCOc1ccc(NC(=O)c2ccc(-c3nc4ccccc4s3)o2)cc1OC. The van der Waals surface area contributed by atoms with E-state index in [2.05, 4.69) is 10.3 Å². The van der Waals surface area contributed by atoms with E-state index in [1.54, 1.807) is 37.4 Å². The molecule has 0 saturated carbocycles. The first-order chi connectivity index (χ1) is 13.7. The number of ether oxygens (including phenoxy) is 2. The summed E-state index contributed by atoms with van der Waals surface area (Å²) in [5, 5.41) is 3.55. The monoisotopic (exact) mass is 394 g/mol. The zero-order valence-electron chi connectivity index (χ0n) is 15.4. The molecule has 1 N–H and O–H groups in total. The number of carbonyl (C=O) groups excluding carboxylic acids is 1. The number of anilines is 1. The number of nitrogens with one attached hydrogen (secondary N) is 1. The van der Waals surface area contributed by atoms with Crippen molar-refractivity contribution in [2.45, 2.75) is 6.92 Å². The highest BCUT2D eigenvalue weighted by Crippen LogP contribution is 2.32. The molecule has 1 amide bonds. The third-order valence-corrected chi connectivity index (χ3v) is 5.11. The molecule has 0 saturated heterocycles. The molecular formula is C21H18N2O4S. The maximum Gasteiger partial charge on any atom is 0.291 e. The summed E-state index contributed by atoms with van der Waals surface area (Å²) in [6.07, 6.45) is 0. The van der Waals surface area contributed by atoms with Crippen LogP contribution < -0.4 is 14.8 Å². The molecule has 0 fully saturated rings. The molecule has 7 heteroatoms. The van der Waals surface area contributed by atoms with Gasteiger partial charge in [0.15, 0.2) is 28.0 Å². The fourth-order valence-electron chi connectivity index (χ4n) is 2.77. The molecule has 0 aliphatic carbocycles. The minimum atomic E-state index is -0.349. The molecule has 0 bridgehead atoms. The second-order valence-electron chi connectivity index (χ2n) is 5.90. The van der Waals surface area contributed by atoms with Crippen molar-refractivity contribution in [2.24, 2.45) is 0 Å². The van der Waals surface area contributed by atoms with Crippen LogP contribution in [0.2, 0.25) is 0 Å². The third-order valence-electron chi connectivity index (χ3n) is 4.06. The second kappa shape index (κ2) is 7.74. The lowest BCUT2D eigenvalue weighted by atomic mass is 10.2. The van der Waals surface area contributed by atoms with Crippen LogP contribution in [0.15, 0.2) is 59.0 Å². The standard InChI is InChI=1S/C21H18N2O4S/c1-3-26-15-9-8-13(12-18(15)25-2)22-20(24)16-10-11-17(27-16)21-23-14-6-4-5-7-19(14)28-21/h4-12H,3H2,1-2H3,(H,22,24). The summed E-state index contributed by atoms with van der Waals surface area (Å²) >= 11 is 1.52. The third kappa shape index (κ3) is 3.57. The topological polar surface area (TPSA) is 73.6 Å². The lowest BCUT2D eigenvalue weighted by molar-refractivity contribution is 0.0997. The lowest BCUT2D eigenvalue weighted by Gasteiger charge is -2.11. The van der Waals surface area contributed by atoms with Crippen LogP contribution >= 0.6 is 11.3 Å². The van der Waals surface area contributed by atoms with Gasteiger partial charge in [-0.25, -0.2) is 4.98 Å². The van der Waals surface area contributed by atoms with Crippen LogP contribution in [0.25, 0.3) is 21.0 Å². The number of amides is 1. The van der Waals surface area contributed by atoms with Gasteiger partial charge in [-0.15, -0.1) is 11.3 Å². The Balaban J connectivity index is 1.53. The van der Waals surface area contributed by atoms with Crippen LogP contribution in [0.5, 0.6) is 11.5 Å². The number of thiazole rings is 1.